The lowest BCUT2D eigenvalue weighted by Crippen LogP contribution is -2.13. The summed E-state index contributed by atoms with van der Waals surface area (Å²) in [6.07, 6.45) is 0.945. The Balaban J connectivity index is 1.87. The molecule has 2 atom stereocenters. The number of aryl methyl sites for hydroxylation is 1. The molecule has 0 saturated heterocycles. The fraction of sp³-hybridized carbons (Fsp3) is 0.409. The quantitative estimate of drug-likeness (QED) is 0.517. The normalized spacial score (nSPS) is 17.4. The zero-order valence-corrected chi connectivity index (χ0v) is 16.8. The van der Waals surface area contributed by atoms with Gasteiger partial charge in [-0.2, -0.15) is 0 Å². The van der Waals surface area contributed by atoms with Gasteiger partial charge in [-0.3, -0.25) is 4.79 Å². The van der Waals surface area contributed by atoms with Crippen LogP contribution in [0.15, 0.2) is 30.3 Å². The third kappa shape index (κ3) is 4.40. The zero-order chi connectivity index (χ0) is 21.0. The molecule has 1 aliphatic rings. The van der Waals surface area contributed by atoms with E-state index in [0.717, 1.165) is 16.7 Å². The van der Waals surface area contributed by atoms with Crippen LogP contribution in [0.3, 0.4) is 0 Å². The van der Waals surface area contributed by atoms with Crippen LogP contribution in [0.1, 0.15) is 42.1 Å². The molecule has 0 spiro atoms. The first kappa shape index (κ1) is 20.8. The highest BCUT2D eigenvalue weighted by Crippen LogP contribution is 2.51. The minimum atomic E-state index is -0.435. The maximum Gasteiger partial charge on any atom is 0.302 e. The maximum atomic E-state index is 10.9. The molecule has 1 heterocycles. The molecule has 1 aliphatic heterocycles. The fourth-order valence-corrected chi connectivity index (χ4v) is 3.65. The van der Waals surface area contributed by atoms with Crippen LogP contribution in [-0.4, -0.2) is 43.6 Å². The second-order valence-electron chi connectivity index (χ2n) is 6.91. The molecular weight excluding hydrogens is 376 g/mol. The average molecular weight is 402 g/mol. The number of carbonyl (C=O) groups is 1. The van der Waals surface area contributed by atoms with Crippen LogP contribution in [0.4, 0.5) is 0 Å². The number of methoxy groups -OCH3 is 2. The lowest BCUT2D eigenvalue weighted by Gasteiger charge is -2.19. The van der Waals surface area contributed by atoms with Gasteiger partial charge in [0.25, 0.3) is 0 Å². The highest BCUT2D eigenvalue weighted by atomic mass is 16.5. The number of aliphatic hydroxyl groups is 1. The van der Waals surface area contributed by atoms with Gasteiger partial charge in [0.15, 0.2) is 11.5 Å². The van der Waals surface area contributed by atoms with Gasteiger partial charge in [-0.15, -0.1) is 0 Å². The molecule has 0 aliphatic carbocycles. The van der Waals surface area contributed by atoms with Crippen LogP contribution in [0, 0.1) is 0 Å². The summed E-state index contributed by atoms with van der Waals surface area (Å²) in [6.45, 7) is 1.62. The Hall–Kier alpha value is -2.93. The molecule has 0 unspecified atom stereocenters. The van der Waals surface area contributed by atoms with Crippen molar-refractivity contribution in [3.05, 3.63) is 47.0 Å². The number of phenols is 1. The predicted molar refractivity (Wildman–Crippen MR) is 106 cm³/mol. The van der Waals surface area contributed by atoms with Gasteiger partial charge in [0.2, 0.25) is 0 Å². The van der Waals surface area contributed by atoms with Crippen LogP contribution >= 0.6 is 0 Å². The molecule has 0 radical (unpaired) electrons. The summed E-state index contributed by atoms with van der Waals surface area (Å²) in [6, 6.07) is 8.88. The van der Waals surface area contributed by atoms with Crippen molar-refractivity contribution in [3.8, 4) is 23.0 Å². The molecule has 7 nitrogen and oxygen atoms in total. The van der Waals surface area contributed by atoms with E-state index in [4.69, 9.17) is 18.9 Å². The van der Waals surface area contributed by atoms with Crippen LogP contribution in [0.2, 0.25) is 0 Å². The van der Waals surface area contributed by atoms with E-state index in [-0.39, 0.29) is 24.2 Å². The largest absolute Gasteiger partial charge is 0.504 e. The van der Waals surface area contributed by atoms with E-state index in [1.807, 2.05) is 12.1 Å². The number of aromatic hydroxyl groups is 1. The first-order chi connectivity index (χ1) is 14.0. The van der Waals surface area contributed by atoms with Crippen LogP contribution in [-0.2, 0) is 16.0 Å². The van der Waals surface area contributed by atoms with Crippen molar-refractivity contribution in [1.82, 2.24) is 0 Å². The first-order valence-electron chi connectivity index (χ1n) is 9.47. The van der Waals surface area contributed by atoms with Crippen molar-refractivity contribution in [3.63, 3.8) is 0 Å². The van der Waals surface area contributed by atoms with E-state index in [0.29, 0.717) is 36.7 Å². The second-order valence-corrected chi connectivity index (χ2v) is 6.91. The Kier molecular flexibility index (Phi) is 6.49. The maximum absolute atomic E-state index is 10.9. The third-order valence-corrected chi connectivity index (χ3v) is 5.02. The second kappa shape index (κ2) is 9.05. The van der Waals surface area contributed by atoms with E-state index in [1.165, 1.54) is 14.0 Å². The Morgan fingerprint density at radius 2 is 1.90 bits per heavy atom. The SMILES string of the molecule is COc1cc([C@@H]2Oc3cc(CCCOC(C)=O)cc(OC)c3[C@H]2CO)ccc1O. The van der Waals surface area contributed by atoms with Crippen molar-refractivity contribution in [1.29, 1.82) is 0 Å². The molecular formula is C22H26O7. The van der Waals surface area contributed by atoms with Gasteiger partial charge < -0.3 is 29.2 Å². The van der Waals surface area contributed by atoms with Crippen molar-refractivity contribution in [2.24, 2.45) is 0 Å². The summed E-state index contributed by atoms with van der Waals surface area (Å²) >= 11 is 0. The molecule has 0 bridgehead atoms. The molecule has 0 aromatic heterocycles. The standard InChI is InChI=1S/C22H26O7/c1-13(24)28-8-4-5-14-9-19(27-3)21-16(12-23)22(29-20(21)10-14)15-6-7-17(25)18(11-15)26-2/h6-7,9-11,16,22-23,25H,4-5,8,12H2,1-3H3/t16-,22+/m1/s1. The smallest absolute Gasteiger partial charge is 0.302 e. The summed E-state index contributed by atoms with van der Waals surface area (Å²) in [5, 5.41) is 19.9. The topological polar surface area (TPSA) is 94.5 Å². The number of ether oxygens (including phenoxy) is 4. The summed E-state index contributed by atoms with van der Waals surface area (Å²) in [5.41, 5.74) is 2.59. The van der Waals surface area contributed by atoms with Crippen LogP contribution in [0.5, 0.6) is 23.0 Å². The van der Waals surface area contributed by atoms with E-state index in [9.17, 15) is 15.0 Å². The van der Waals surface area contributed by atoms with Crippen molar-refractivity contribution >= 4 is 5.97 Å². The zero-order valence-electron chi connectivity index (χ0n) is 16.8. The molecule has 0 amide bonds. The number of carbonyl (C=O) groups excluding carboxylic acids is 1. The van der Waals surface area contributed by atoms with Gasteiger partial charge >= 0.3 is 5.97 Å². The molecule has 2 aromatic carbocycles. The monoisotopic (exact) mass is 402 g/mol. The van der Waals surface area contributed by atoms with Gasteiger partial charge in [-0.1, -0.05) is 6.07 Å². The summed E-state index contributed by atoms with van der Waals surface area (Å²) in [5.74, 6) is 1.08. The van der Waals surface area contributed by atoms with Gasteiger partial charge in [-0.05, 0) is 48.2 Å². The third-order valence-electron chi connectivity index (χ3n) is 5.02. The average Bonchev–Trinajstić information content (AvgIpc) is 3.09. The van der Waals surface area contributed by atoms with E-state index >= 15 is 0 Å². The number of esters is 1. The van der Waals surface area contributed by atoms with E-state index in [1.54, 1.807) is 25.3 Å². The number of rotatable bonds is 8. The molecule has 0 fully saturated rings. The number of hydrogen-bond acceptors (Lipinski definition) is 7. The Morgan fingerprint density at radius 3 is 2.55 bits per heavy atom. The van der Waals surface area contributed by atoms with Crippen LogP contribution < -0.4 is 14.2 Å². The molecule has 2 aromatic rings. The first-order valence-corrected chi connectivity index (χ1v) is 9.47. The predicted octanol–water partition coefficient (Wildman–Crippen LogP) is 3.11. The summed E-state index contributed by atoms with van der Waals surface area (Å²) in [4.78, 5) is 10.9. The van der Waals surface area contributed by atoms with Gasteiger partial charge in [0, 0.05) is 12.5 Å². The van der Waals surface area contributed by atoms with Crippen molar-refractivity contribution < 1.29 is 34.0 Å². The lowest BCUT2D eigenvalue weighted by atomic mass is 9.90. The Labute approximate surface area is 169 Å². The lowest BCUT2D eigenvalue weighted by molar-refractivity contribution is -0.141. The number of fused-ring (bicyclic) bond motifs is 1. The Morgan fingerprint density at radius 1 is 1.14 bits per heavy atom. The van der Waals surface area contributed by atoms with Crippen LogP contribution in [0.25, 0.3) is 0 Å². The fourth-order valence-electron chi connectivity index (χ4n) is 3.65. The van der Waals surface area contributed by atoms with Gasteiger partial charge in [0.1, 0.15) is 17.6 Å². The molecule has 7 heteroatoms. The summed E-state index contributed by atoms with van der Waals surface area (Å²) < 4.78 is 22.0. The van der Waals surface area contributed by atoms with Gasteiger partial charge in [0.05, 0.1) is 33.4 Å². The molecule has 29 heavy (non-hydrogen) atoms. The van der Waals surface area contributed by atoms with Gasteiger partial charge in [-0.25, -0.2) is 0 Å². The van der Waals surface area contributed by atoms with E-state index in [2.05, 4.69) is 0 Å². The number of phenolic OH excluding ortho intramolecular Hbond substituents is 1. The highest BCUT2D eigenvalue weighted by molar-refractivity contribution is 5.65. The Bertz CT molecular complexity index is 878. The number of hydrogen-bond donors (Lipinski definition) is 2. The molecule has 2 N–H and O–H groups in total. The summed E-state index contributed by atoms with van der Waals surface area (Å²) in [7, 11) is 3.07. The number of aliphatic hydroxyl groups excluding tert-OH is 1. The molecule has 156 valence electrons. The number of benzene rings is 2. The van der Waals surface area contributed by atoms with Crippen molar-refractivity contribution in [2.75, 3.05) is 27.4 Å². The minimum absolute atomic E-state index is 0.0416. The molecule has 0 saturated carbocycles. The van der Waals surface area contributed by atoms with Crippen molar-refractivity contribution in [2.45, 2.75) is 31.8 Å². The minimum Gasteiger partial charge on any atom is -0.504 e. The molecule has 3 rings (SSSR count). The van der Waals surface area contributed by atoms with E-state index < -0.39 is 6.10 Å². The highest BCUT2D eigenvalue weighted by Gasteiger charge is 2.38.